The van der Waals surface area contributed by atoms with Crippen molar-refractivity contribution < 1.29 is 14.3 Å². The first-order valence-corrected chi connectivity index (χ1v) is 7.10. The molecule has 2 rings (SSSR count). The number of hydrogen-bond donors (Lipinski definition) is 1. The van der Waals surface area contributed by atoms with Crippen molar-refractivity contribution in [1.29, 1.82) is 0 Å². The highest BCUT2D eigenvalue weighted by atomic mass is 19.1. The summed E-state index contributed by atoms with van der Waals surface area (Å²) in [6, 6.07) is 5.14. The van der Waals surface area contributed by atoms with Crippen LogP contribution in [0.15, 0.2) is 24.3 Å². The van der Waals surface area contributed by atoms with Crippen LogP contribution in [0.25, 0.3) is 6.08 Å². The van der Waals surface area contributed by atoms with Crippen molar-refractivity contribution in [1.82, 2.24) is 4.90 Å². The maximum Gasteiger partial charge on any atom is 0.328 e. The SMILES string of the molecule is CN(CC1CCCN1C)c1c(F)cccc1/C=C/C(=O)O. The van der Waals surface area contributed by atoms with Crippen molar-refractivity contribution in [2.24, 2.45) is 0 Å². The molecule has 1 unspecified atom stereocenters. The minimum absolute atomic E-state index is 0.328. The molecule has 0 amide bonds. The molecule has 0 spiro atoms. The van der Waals surface area contributed by atoms with Crippen LogP contribution >= 0.6 is 0 Å². The lowest BCUT2D eigenvalue weighted by Crippen LogP contribution is -2.37. The molecular formula is C16H21FN2O2. The van der Waals surface area contributed by atoms with Gasteiger partial charge in [0, 0.05) is 31.3 Å². The number of carboxylic acid groups (broad SMARTS) is 1. The molecular weight excluding hydrogens is 271 g/mol. The Morgan fingerprint density at radius 1 is 1.57 bits per heavy atom. The smallest absolute Gasteiger partial charge is 0.328 e. The van der Waals surface area contributed by atoms with Crippen LogP contribution in [-0.4, -0.2) is 49.2 Å². The van der Waals surface area contributed by atoms with E-state index in [1.54, 1.807) is 12.1 Å². The Balaban J connectivity index is 2.22. The van der Waals surface area contributed by atoms with E-state index >= 15 is 0 Å². The van der Waals surface area contributed by atoms with Crippen LogP contribution in [0.2, 0.25) is 0 Å². The second-order valence-corrected chi connectivity index (χ2v) is 5.51. The fourth-order valence-electron chi connectivity index (χ4n) is 2.85. The molecule has 1 saturated heterocycles. The molecule has 0 bridgehead atoms. The van der Waals surface area contributed by atoms with Crippen molar-refractivity contribution in [3.05, 3.63) is 35.7 Å². The van der Waals surface area contributed by atoms with Crippen LogP contribution in [0.1, 0.15) is 18.4 Å². The van der Waals surface area contributed by atoms with Crippen LogP contribution in [0.5, 0.6) is 0 Å². The number of likely N-dealkylation sites (N-methyl/N-ethyl adjacent to an activating group) is 2. The summed E-state index contributed by atoms with van der Waals surface area (Å²) in [5.41, 5.74) is 1.04. The molecule has 1 aliphatic rings. The van der Waals surface area contributed by atoms with E-state index in [-0.39, 0.29) is 5.82 Å². The first-order chi connectivity index (χ1) is 9.99. The molecule has 1 aromatic carbocycles. The average Bonchev–Trinajstić information content (AvgIpc) is 2.81. The highest BCUT2D eigenvalue weighted by Crippen LogP contribution is 2.26. The maximum atomic E-state index is 14.2. The Morgan fingerprint density at radius 3 is 2.95 bits per heavy atom. The first kappa shape index (κ1) is 15.5. The van der Waals surface area contributed by atoms with Gasteiger partial charge in [-0.3, -0.25) is 0 Å². The third-order valence-electron chi connectivity index (χ3n) is 3.96. The van der Waals surface area contributed by atoms with Gasteiger partial charge in [0.25, 0.3) is 0 Å². The topological polar surface area (TPSA) is 43.8 Å². The minimum atomic E-state index is -1.04. The predicted octanol–water partition coefficient (Wildman–Crippen LogP) is 2.45. The third kappa shape index (κ3) is 3.82. The largest absolute Gasteiger partial charge is 0.478 e. The average molecular weight is 292 g/mol. The predicted molar refractivity (Wildman–Crippen MR) is 82.0 cm³/mol. The Bertz CT molecular complexity index is 545. The number of aliphatic carboxylic acids is 1. The van der Waals surface area contributed by atoms with E-state index in [4.69, 9.17) is 5.11 Å². The van der Waals surface area contributed by atoms with Crippen LogP contribution < -0.4 is 4.90 Å². The normalized spacial score (nSPS) is 19.3. The lowest BCUT2D eigenvalue weighted by molar-refractivity contribution is -0.131. The molecule has 4 nitrogen and oxygen atoms in total. The van der Waals surface area contributed by atoms with Crippen LogP contribution in [0.3, 0.4) is 0 Å². The fraction of sp³-hybridized carbons (Fsp3) is 0.438. The molecule has 21 heavy (non-hydrogen) atoms. The highest BCUT2D eigenvalue weighted by molar-refractivity contribution is 5.87. The summed E-state index contributed by atoms with van der Waals surface area (Å²) in [5, 5.41) is 8.74. The van der Waals surface area contributed by atoms with Gasteiger partial charge < -0.3 is 14.9 Å². The van der Waals surface area contributed by atoms with Crippen molar-refractivity contribution in [3.8, 4) is 0 Å². The number of anilines is 1. The number of carbonyl (C=O) groups is 1. The second-order valence-electron chi connectivity index (χ2n) is 5.51. The molecule has 1 atom stereocenters. The summed E-state index contributed by atoms with van der Waals surface area (Å²) in [7, 11) is 3.93. The monoisotopic (exact) mass is 292 g/mol. The van der Waals surface area contributed by atoms with Gasteiger partial charge in [-0.15, -0.1) is 0 Å². The van der Waals surface area contributed by atoms with Gasteiger partial charge in [-0.2, -0.15) is 0 Å². The fourth-order valence-corrected chi connectivity index (χ4v) is 2.85. The van der Waals surface area contributed by atoms with Gasteiger partial charge in [-0.25, -0.2) is 9.18 Å². The van der Waals surface area contributed by atoms with E-state index < -0.39 is 5.97 Å². The van der Waals surface area contributed by atoms with Gasteiger partial charge in [0.2, 0.25) is 0 Å². The Morgan fingerprint density at radius 2 is 2.33 bits per heavy atom. The number of likely N-dealkylation sites (tertiary alicyclic amines) is 1. The quantitative estimate of drug-likeness (QED) is 0.847. The van der Waals surface area contributed by atoms with Gasteiger partial charge in [0.05, 0.1) is 5.69 Å². The van der Waals surface area contributed by atoms with Gasteiger partial charge in [-0.05, 0) is 38.6 Å². The molecule has 1 heterocycles. The number of benzene rings is 1. The lowest BCUT2D eigenvalue weighted by Gasteiger charge is -2.28. The number of nitrogens with zero attached hydrogens (tertiary/aromatic N) is 2. The van der Waals surface area contributed by atoms with Crippen molar-refractivity contribution in [2.75, 3.05) is 32.1 Å². The standard InChI is InChI=1S/C16H21FN2O2/c1-18-10-4-6-13(18)11-19(2)16-12(8-9-15(20)21)5-3-7-14(16)17/h3,5,7-9,13H,4,6,10-11H2,1-2H3,(H,20,21)/b9-8+. The zero-order valence-electron chi connectivity index (χ0n) is 12.4. The Hall–Kier alpha value is -1.88. The zero-order valence-corrected chi connectivity index (χ0v) is 12.4. The number of carboxylic acids is 1. The third-order valence-corrected chi connectivity index (χ3v) is 3.96. The van der Waals surface area contributed by atoms with Gasteiger partial charge in [0.15, 0.2) is 0 Å². The van der Waals surface area contributed by atoms with Gasteiger partial charge >= 0.3 is 5.97 Å². The van der Waals surface area contributed by atoms with E-state index in [0.29, 0.717) is 17.3 Å². The van der Waals surface area contributed by atoms with Crippen molar-refractivity contribution in [2.45, 2.75) is 18.9 Å². The molecule has 1 N–H and O–H groups in total. The summed E-state index contributed by atoms with van der Waals surface area (Å²) >= 11 is 0. The van der Waals surface area contributed by atoms with Gasteiger partial charge in [-0.1, -0.05) is 12.1 Å². The molecule has 0 aromatic heterocycles. The van der Waals surface area contributed by atoms with E-state index in [0.717, 1.165) is 32.0 Å². The molecule has 0 radical (unpaired) electrons. The van der Waals surface area contributed by atoms with Crippen LogP contribution in [-0.2, 0) is 4.79 Å². The molecule has 1 fully saturated rings. The second kappa shape index (κ2) is 6.72. The highest BCUT2D eigenvalue weighted by Gasteiger charge is 2.23. The summed E-state index contributed by atoms with van der Waals surface area (Å²) in [6.45, 7) is 1.80. The molecule has 114 valence electrons. The number of rotatable bonds is 5. The maximum absolute atomic E-state index is 14.2. The molecule has 1 aromatic rings. The molecule has 0 saturated carbocycles. The molecule has 1 aliphatic heterocycles. The van der Waals surface area contributed by atoms with E-state index in [9.17, 15) is 9.18 Å². The summed E-state index contributed by atoms with van der Waals surface area (Å²) < 4.78 is 14.2. The Labute approximate surface area is 124 Å². The van der Waals surface area contributed by atoms with E-state index in [2.05, 4.69) is 11.9 Å². The minimum Gasteiger partial charge on any atom is -0.478 e. The van der Waals surface area contributed by atoms with Crippen molar-refractivity contribution >= 4 is 17.7 Å². The Kier molecular flexibility index (Phi) is 4.96. The van der Waals surface area contributed by atoms with Crippen molar-refractivity contribution in [3.63, 3.8) is 0 Å². The lowest BCUT2D eigenvalue weighted by atomic mass is 10.1. The number of halogens is 1. The molecule has 5 heteroatoms. The number of hydrogen-bond acceptors (Lipinski definition) is 3. The first-order valence-electron chi connectivity index (χ1n) is 7.10. The number of para-hydroxylation sites is 1. The van der Waals surface area contributed by atoms with Crippen LogP contribution in [0.4, 0.5) is 10.1 Å². The zero-order chi connectivity index (χ0) is 15.4. The summed E-state index contributed by atoms with van der Waals surface area (Å²) in [4.78, 5) is 14.8. The summed E-state index contributed by atoms with van der Waals surface area (Å²) in [5.74, 6) is -1.37. The van der Waals surface area contributed by atoms with E-state index in [1.807, 2.05) is 11.9 Å². The van der Waals surface area contributed by atoms with Crippen LogP contribution in [0, 0.1) is 5.82 Å². The summed E-state index contributed by atoms with van der Waals surface area (Å²) in [6.07, 6.45) is 4.75. The van der Waals surface area contributed by atoms with Gasteiger partial charge in [0.1, 0.15) is 5.82 Å². The molecule has 0 aliphatic carbocycles. The van der Waals surface area contributed by atoms with E-state index in [1.165, 1.54) is 12.1 Å².